The van der Waals surface area contributed by atoms with Gasteiger partial charge in [-0.15, -0.1) is 0 Å². The highest BCUT2D eigenvalue weighted by molar-refractivity contribution is 5.97. The number of aryl methyl sites for hydroxylation is 1. The molecule has 216 valence electrons. The van der Waals surface area contributed by atoms with Crippen molar-refractivity contribution in [2.24, 2.45) is 5.92 Å². The Morgan fingerprint density at radius 2 is 1.68 bits per heavy atom. The van der Waals surface area contributed by atoms with Crippen molar-refractivity contribution in [2.45, 2.75) is 44.9 Å². The second-order valence-corrected chi connectivity index (χ2v) is 10.6. The molecule has 2 aliphatic rings. The largest absolute Gasteiger partial charge is 0.497 e. The first-order valence-corrected chi connectivity index (χ1v) is 13.4. The van der Waals surface area contributed by atoms with Crippen molar-refractivity contribution in [2.75, 3.05) is 40.4 Å². The summed E-state index contributed by atoms with van der Waals surface area (Å²) in [5.74, 6) is -0.496. The molecule has 0 saturated carbocycles. The van der Waals surface area contributed by atoms with Crippen LogP contribution in [0.1, 0.15) is 25.0 Å². The first-order chi connectivity index (χ1) is 19.0. The number of ketones is 1. The first-order valence-electron chi connectivity index (χ1n) is 13.4. The molecule has 10 nitrogen and oxygen atoms in total. The van der Waals surface area contributed by atoms with Crippen molar-refractivity contribution < 1.29 is 28.7 Å². The second kappa shape index (κ2) is 14.0. The third-order valence-corrected chi connectivity index (χ3v) is 6.90. The van der Waals surface area contributed by atoms with Gasteiger partial charge in [-0.2, -0.15) is 0 Å². The lowest BCUT2D eigenvalue weighted by Crippen LogP contribution is -2.56. The van der Waals surface area contributed by atoms with Crippen molar-refractivity contribution in [3.63, 3.8) is 0 Å². The predicted octanol–water partition coefficient (Wildman–Crippen LogP) is 1.26. The van der Waals surface area contributed by atoms with E-state index in [0.29, 0.717) is 26.1 Å². The van der Waals surface area contributed by atoms with E-state index in [4.69, 9.17) is 9.47 Å². The molecule has 0 spiro atoms. The number of rotatable bonds is 11. The molecule has 2 aromatic rings. The number of nitrogens with zero attached hydrogens (tertiary/aromatic N) is 1. The van der Waals surface area contributed by atoms with Crippen LogP contribution in [-0.2, 0) is 30.3 Å². The standard InChI is InChI=1S/C22H30N4O5.C8H10O/c1-14(24-21(30)16-11-26(3)12-16)20(29)23-10-18(27)25-17(19(28)22(2)13-31-22)9-15-7-5-4-6-8-15;1-7-3-5-8(9-2)6-4-7/h4-8,14,16-17H,9-13H2,1-3H3,(H,23,29)(H,24,30)(H,25,27);3-6H,1-2H3/t14?,17?,22-;/m1./s1. The summed E-state index contributed by atoms with van der Waals surface area (Å²) in [6, 6.07) is 15.8. The topological polar surface area (TPSA) is 129 Å². The van der Waals surface area contributed by atoms with Gasteiger partial charge in [-0.05, 0) is 51.9 Å². The van der Waals surface area contributed by atoms with Crippen LogP contribution in [0.5, 0.6) is 5.75 Å². The summed E-state index contributed by atoms with van der Waals surface area (Å²) in [6.07, 6.45) is 0.334. The molecule has 0 radical (unpaired) electrons. The molecule has 10 heteroatoms. The lowest BCUT2D eigenvalue weighted by molar-refractivity contribution is -0.134. The van der Waals surface area contributed by atoms with Crippen LogP contribution in [0.2, 0.25) is 0 Å². The summed E-state index contributed by atoms with van der Waals surface area (Å²) in [6.45, 7) is 6.70. The van der Waals surface area contributed by atoms with E-state index in [1.807, 2.05) is 66.5 Å². The van der Waals surface area contributed by atoms with Crippen LogP contribution < -0.4 is 20.7 Å². The highest BCUT2D eigenvalue weighted by Gasteiger charge is 2.50. The normalized spacial score (nSPS) is 19.5. The number of Topliss-reactive ketones (excluding diaryl/α,β-unsaturated/α-hetero) is 1. The van der Waals surface area contributed by atoms with Gasteiger partial charge in [0, 0.05) is 13.1 Å². The van der Waals surface area contributed by atoms with Gasteiger partial charge >= 0.3 is 0 Å². The molecule has 4 rings (SSSR count). The Morgan fingerprint density at radius 3 is 2.23 bits per heavy atom. The average Bonchev–Trinajstić information content (AvgIpc) is 3.68. The number of ether oxygens (including phenoxy) is 2. The molecule has 3 atom stereocenters. The Morgan fingerprint density at radius 1 is 1.05 bits per heavy atom. The van der Waals surface area contributed by atoms with Crippen LogP contribution in [0.25, 0.3) is 0 Å². The molecular weight excluding hydrogens is 512 g/mol. The van der Waals surface area contributed by atoms with E-state index in [0.717, 1.165) is 11.3 Å². The van der Waals surface area contributed by atoms with Crippen LogP contribution in [0, 0.1) is 12.8 Å². The SMILES string of the molecule is CC(NC(=O)C1CN(C)C1)C(=O)NCC(=O)NC(Cc1ccccc1)C(=O)[C@@]1(C)CO1.COc1ccc(C)cc1. The quantitative estimate of drug-likeness (QED) is 0.358. The number of epoxide rings is 1. The highest BCUT2D eigenvalue weighted by Crippen LogP contribution is 2.29. The van der Waals surface area contributed by atoms with E-state index in [1.165, 1.54) is 5.56 Å². The summed E-state index contributed by atoms with van der Waals surface area (Å²) in [5, 5.41) is 7.89. The lowest BCUT2D eigenvalue weighted by atomic mass is 9.95. The van der Waals surface area contributed by atoms with Crippen molar-refractivity contribution >= 4 is 23.5 Å². The number of methoxy groups -OCH3 is 1. The first kappa shape index (κ1) is 30.8. The van der Waals surface area contributed by atoms with Crippen molar-refractivity contribution in [1.29, 1.82) is 0 Å². The number of hydrogen-bond acceptors (Lipinski definition) is 7. The summed E-state index contributed by atoms with van der Waals surface area (Å²) in [4.78, 5) is 51.5. The molecule has 2 aliphatic heterocycles. The number of carbonyl (C=O) groups excluding carboxylic acids is 4. The zero-order chi connectivity index (χ0) is 29.3. The molecule has 2 aromatic carbocycles. The molecule has 3 N–H and O–H groups in total. The zero-order valence-corrected chi connectivity index (χ0v) is 23.9. The van der Waals surface area contributed by atoms with Gasteiger partial charge in [0.15, 0.2) is 5.78 Å². The fourth-order valence-electron chi connectivity index (χ4n) is 4.18. The fourth-order valence-corrected chi connectivity index (χ4v) is 4.18. The Hall–Kier alpha value is -3.76. The molecule has 0 aromatic heterocycles. The summed E-state index contributed by atoms with van der Waals surface area (Å²) in [7, 11) is 3.59. The van der Waals surface area contributed by atoms with Crippen LogP contribution in [0.4, 0.5) is 0 Å². The van der Waals surface area contributed by atoms with Crippen LogP contribution in [-0.4, -0.2) is 86.5 Å². The van der Waals surface area contributed by atoms with Gasteiger partial charge in [0.1, 0.15) is 17.4 Å². The van der Waals surface area contributed by atoms with Crippen molar-refractivity contribution in [1.82, 2.24) is 20.9 Å². The maximum Gasteiger partial charge on any atom is 0.242 e. The van der Waals surface area contributed by atoms with Gasteiger partial charge in [0.05, 0.1) is 32.2 Å². The maximum atomic E-state index is 12.8. The number of amides is 3. The molecular formula is C30H40N4O6. The van der Waals surface area contributed by atoms with Crippen molar-refractivity contribution in [3.8, 4) is 5.75 Å². The van der Waals surface area contributed by atoms with Gasteiger partial charge in [0.25, 0.3) is 0 Å². The molecule has 3 amide bonds. The highest BCUT2D eigenvalue weighted by atomic mass is 16.6. The number of benzene rings is 2. The molecule has 40 heavy (non-hydrogen) atoms. The zero-order valence-electron chi connectivity index (χ0n) is 23.9. The van der Waals surface area contributed by atoms with E-state index in [2.05, 4.69) is 22.9 Å². The van der Waals surface area contributed by atoms with Gasteiger partial charge in [-0.1, -0.05) is 48.0 Å². The Balaban J connectivity index is 0.000000415. The van der Waals surface area contributed by atoms with E-state index >= 15 is 0 Å². The van der Waals surface area contributed by atoms with Gasteiger partial charge < -0.3 is 30.3 Å². The van der Waals surface area contributed by atoms with E-state index in [-0.39, 0.29) is 24.2 Å². The van der Waals surface area contributed by atoms with Crippen LogP contribution in [0.3, 0.4) is 0 Å². The molecule has 2 fully saturated rings. The third kappa shape index (κ3) is 9.17. The third-order valence-electron chi connectivity index (χ3n) is 6.90. The summed E-state index contributed by atoms with van der Waals surface area (Å²) >= 11 is 0. The minimum Gasteiger partial charge on any atom is -0.497 e. The number of likely N-dealkylation sites (tertiary alicyclic amines) is 1. The lowest BCUT2D eigenvalue weighted by Gasteiger charge is -2.35. The van der Waals surface area contributed by atoms with Gasteiger partial charge in [-0.3, -0.25) is 19.2 Å². The van der Waals surface area contributed by atoms with Crippen molar-refractivity contribution in [3.05, 3.63) is 65.7 Å². The summed E-state index contributed by atoms with van der Waals surface area (Å²) in [5.41, 5.74) is 1.30. The smallest absolute Gasteiger partial charge is 0.242 e. The minimum absolute atomic E-state index is 0.112. The van der Waals surface area contributed by atoms with Gasteiger partial charge in [-0.25, -0.2) is 0 Å². The Kier molecular flexibility index (Phi) is 10.8. The predicted molar refractivity (Wildman–Crippen MR) is 151 cm³/mol. The summed E-state index contributed by atoms with van der Waals surface area (Å²) < 4.78 is 10.2. The minimum atomic E-state index is -0.871. The molecule has 0 bridgehead atoms. The monoisotopic (exact) mass is 552 g/mol. The molecule has 2 heterocycles. The Labute approximate surface area is 235 Å². The van der Waals surface area contributed by atoms with Crippen LogP contribution >= 0.6 is 0 Å². The average molecular weight is 553 g/mol. The van der Waals surface area contributed by atoms with E-state index in [9.17, 15) is 19.2 Å². The number of nitrogens with one attached hydrogen (secondary N) is 3. The van der Waals surface area contributed by atoms with E-state index in [1.54, 1.807) is 21.0 Å². The second-order valence-electron chi connectivity index (χ2n) is 10.6. The molecule has 2 saturated heterocycles. The Bertz CT molecular complexity index is 1160. The fraction of sp³-hybridized carbons (Fsp3) is 0.467. The molecule has 0 aliphatic carbocycles. The maximum absolute atomic E-state index is 12.8. The van der Waals surface area contributed by atoms with E-state index < -0.39 is 29.5 Å². The van der Waals surface area contributed by atoms with Crippen LogP contribution in [0.15, 0.2) is 54.6 Å². The molecule has 2 unspecified atom stereocenters. The van der Waals surface area contributed by atoms with Gasteiger partial charge in [0.2, 0.25) is 17.7 Å². The number of carbonyl (C=O) groups is 4. The number of hydrogen-bond donors (Lipinski definition) is 3.